The Bertz CT molecular complexity index is 1130. The number of nitrogens with zero attached hydrogens (tertiary/aromatic N) is 4. The highest BCUT2D eigenvalue weighted by molar-refractivity contribution is 7.90. The first kappa shape index (κ1) is 22.5. The minimum atomic E-state index is -3.72. The fourth-order valence-electron chi connectivity index (χ4n) is 4.66. The number of halogens is 1. The van der Waals surface area contributed by atoms with Gasteiger partial charge in [-0.25, -0.2) is 0 Å². The van der Waals surface area contributed by atoms with Crippen LogP contribution in [0.3, 0.4) is 0 Å². The van der Waals surface area contributed by atoms with Gasteiger partial charge in [-0.2, -0.15) is 23.0 Å². The molecule has 0 amide bonds. The van der Waals surface area contributed by atoms with Gasteiger partial charge in [-0.1, -0.05) is 11.6 Å². The number of allylic oxidation sites excluding steroid dienone is 1. The summed E-state index contributed by atoms with van der Waals surface area (Å²) in [7, 11) is -0.639. The van der Waals surface area contributed by atoms with Crippen LogP contribution in [0.5, 0.6) is 0 Å². The van der Waals surface area contributed by atoms with Crippen LogP contribution >= 0.6 is 11.6 Å². The largest absolute Gasteiger partial charge is 0.376 e. The molecule has 4 rings (SSSR count). The van der Waals surface area contributed by atoms with Gasteiger partial charge in [0, 0.05) is 24.7 Å². The van der Waals surface area contributed by atoms with Gasteiger partial charge in [0.25, 0.3) is 0 Å². The molecule has 0 aromatic carbocycles. The normalized spacial score (nSPS) is 24.0. The highest BCUT2D eigenvalue weighted by Gasteiger charge is 2.34. The van der Waals surface area contributed by atoms with Crippen LogP contribution in [0.25, 0.3) is 11.8 Å². The maximum Gasteiger partial charge on any atom is 0.303 e. The third kappa shape index (κ3) is 4.20. The third-order valence-corrected chi connectivity index (χ3v) is 8.27. The summed E-state index contributed by atoms with van der Waals surface area (Å²) in [5, 5.41) is 10.3. The van der Waals surface area contributed by atoms with Crippen LogP contribution in [0.2, 0.25) is 0 Å². The van der Waals surface area contributed by atoms with Gasteiger partial charge in [-0.05, 0) is 57.1 Å². The molecule has 1 saturated carbocycles. The maximum atomic E-state index is 13.2. The number of anilines is 1. The number of azo groups is 1. The molecule has 1 aromatic rings. The minimum Gasteiger partial charge on any atom is -0.376 e. The van der Waals surface area contributed by atoms with E-state index in [0.29, 0.717) is 17.3 Å². The molecule has 0 spiro atoms. The molecule has 0 bridgehead atoms. The van der Waals surface area contributed by atoms with Gasteiger partial charge >= 0.3 is 10.2 Å². The summed E-state index contributed by atoms with van der Waals surface area (Å²) in [4.78, 5) is 3.43. The summed E-state index contributed by atoms with van der Waals surface area (Å²) < 4.78 is 35.1. The van der Waals surface area contributed by atoms with Crippen LogP contribution in [0.4, 0.5) is 5.69 Å². The zero-order valence-corrected chi connectivity index (χ0v) is 20.0. The summed E-state index contributed by atoms with van der Waals surface area (Å²) in [6.07, 6.45) is 7.74. The molecular weight excluding hydrogens is 438 g/mol. The number of nitrogens with one attached hydrogen (secondary N) is 1. The van der Waals surface area contributed by atoms with Gasteiger partial charge in [0.05, 0.1) is 47.9 Å². The lowest BCUT2D eigenvalue weighted by Gasteiger charge is -2.31. The van der Waals surface area contributed by atoms with Gasteiger partial charge in [0.1, 0.15) is 0 Å². The van der Waals surface area contributed by atoms with Crippen molar-refractivity contribution in [2.75, 3.05) is 24.9 Å². The number of rotatable bonds is 5. The van der Waals surface area contributed by atoms with E-state index in [1.54, 1.807) is 6.20 Å². The zero-order valence-electron chi connectivity index (χ0n) is 18.4. The Morgan fingerprint density at radius 3 is 2.61 bits per heavy atom. The predicted octanol–water partition coefficient (Wildman–Crippen LogP) is 2.60. The fourth-order valence-corrected chi connectivity index (χ4v) is 6.07. The average Bonchev–Trinajstić information content (AvgIpc) is 3.00. The van der Waals surface area contributed by atoms with E-state index in [2.05, 4.69) is 29.1 Å². The van der Waals surface area contributed by atoms with E-state index >= 15 is 0 Å². The molecule has 0 radical (unpaired) electrons. The Hall–Kier alpha value is -1.68. The van der Waals surface area contributed by atoms with Gasteiger partial charge in [0.2, 0.25) is 0 Å². The summed E-state index contributed by atoms with van der Waals surface area (Å²) in [5.41, 5.74) is 2.46. The van der Waals surface area contributed by atoms with Crippen LogP contribution in [0.1, 0.15) is 45.1 Å². The highest BCUT2D eigenvalue weighted by atomic mass is 35.5. The summed E-state index contributed by atoms with van der Waals surface area (Å²) >= 11 is 6.81. The van der Waals surface area contributed by atoms with E-state index in [4.69, 9.17) is 16.3 Å². The fraction of sp³-hybridized carbons (Fsp3) is 0.619. The molecule has 170 valence electrons. The van der Waals surface area contributed by atoms with Crippen molar-refractivity contribution >= 4 is 39.3 Å². The summed E-state index contributed by atoms with van der Waals surface area (Å²) in [6, 6.07) is 0. The van der Waals surface area contributed by atoms with Crippen molar-refractivity contribution in [2.45, 2.75) is 58.3 Å². The zero-order chi connectivity index (χ0) is 22.3. The topological polar surface area (TPSA) is 90.4 Å². The molecule has 1 aliphatic carbocycles. The Morgan fingerprint density at radius 2 is 1.97 bits per heavy atom. The van der Waals surface area contributed by atoms with Gasteiger partial charge in [0.15, 0.2) is 0 Å². The molecule has 0 unspecified atom stereocenters. The van der Waals surface area contributed by atoms with Crippen LogP contribution < -0.4 is 15.0 Å². The Kier molecular flexibility index (Phi) is 6.31. The second-order valence-electron chi connectivity index (χ2n) is 8.73. The Balaban J connectivity index is 1.85. The second kappa shape index (κ2) is 8.69. The van der Waals surface area contributed by atoms with Gasteiger partial charge < -0.3 is 9.72 Å². The van der Waals surface area contributed by atoms with E-state index in [1.165, 1.54) is 22.7 Å². The van der Waals surface area contributed by atoms with E-state index in [1.807, 2.05) is 6.08 Å². The summed E-state index contributed by atoms with van der Waals surface area (Å²) in [5.74, 6) is 0.227. The smallest absolute Gasteiger partial charge is 0.303 e. The highest BCUT2D eigenvalue weighted by Crippen LogP contribution is 2.38. The number of aromatic nitrogens is 1. The number of H-pyrrole nitrogens is 1. The quantitative estimate of drug-likeness (QED) is 0.721. The lowest BCUT2D eigenvalue weighted by Crippen LogP contribution is -2.42. The number of aromatic amines is 1. The van der Waals surface area contributed by atoms with Crippen molar-refractivity contribution in [3.05, 3.63) is 27.4 Å². The lowest BCUT2D eigenvalue weighted by atomic mass is 9.81. The van der Waals surface area contributed by atoms with Crippen molar-refractivity contribution in [1.82, 2.24) is 9.29 Å². The third-order valence-electron chi connectivity index (χ3n) is 6.10. The average molecular weight is 468 g/mol. The molecule has 1 aromatic heterocycles. The van der Waals surface area contributed by atoms with E-state index in [9.17, 15) is 8.42 Å². The molecule has 0 saturated heterocycles. The summed E-state index contributed by atoms with van der Waals surface area (Å²) in [6.45, 7) is 4.63. The van der Waals surface area contributed by atoms with Gasteiger partial charge in [-0.3, -0.25) is 4.31 Å². The predicted molar refractivity (Wildman–Crippen MR) is 122 cm³/mol. The first-order valence-electron chi connectivity index (χ1n) is 10.7. The minimum absolute atomic E-state index is 0.170. The van der Waals surface area contributed by atoms with Crippen LogP contribution in [-0.4, -0.2) is 50.6 Å². The molecule has 1 N–H and O–H groups in total. The number of ether oxygens (including phenoxy) is 1. The van der Waals surface area contributed by atoms with Crippen molar-refractivity contribution < 1.29 is 13.2 Å². The molecule has 8 nitrogen and oxygen atoms in total. The molecule has 3 heterocycles. The monoisotopic (exact) mass is 467 g/mol. The first-order chi connectivity index (χ1) is 14.7. The molecule has 0 atom stereocenters. The van der Waals surface area contributed by atoms with Crippen molar-refractivity contribution in [2.24, 2.45) is 16.1 Å². The van der Waals surface area contributed by atoms with E-state index in [-0.39, 0.29) is 24.7 Å². The number of hydrogen-bond acceptors (Lipinski definition) is 5. The van der Waals surface area contributed by atoms with Crippen LogP contribution in [0, 0.1) is 5.92 Å². The molecule has 31 heavy (non-hydrogen) atoms. The SMILES string of the molecule is CC(C)O[C@H]1CC[C@H](C2=c3[nH]c4c(c3N(S(=O)(=O)N(C)C)CC=C2Cl)CN=NC=4)CC1. The van der Waals surface area contributed by atoms with E-state index < -0.39 is 10.2 Å². The molecule has 3 aliphatic rings. The van der Waals surface area contributed by atoms with Crippen LogP contribution in [0.15, 0.2) is 21.3 Å². The molecule has 10 heteroatoms. The van der Waals surface area contributed by atoms with Crippen molar-refractivity contribution in [1.29, 1.82) is 0 Å². The molecule has 2 aliphatic heterocycles. The number of hydrogen-bond donors (Lipinski definition) is 1. The Labute approximate surface area is 188 Å². The van der Waals surface area contributed by atoms with Gasteiger partial charge in [-0.15, -0.1) is 0 Å². The Morgan fingerprint density at radius 1 is 1.26 bits per heavy atom. The molecular formula is C21H30ClN5O3S. The first-order valence-corrected chi connectivity index (χ1v) is 12.5. The van der Waals surface area contributed by atoms with E-state index in [0.717, 1.165) is 47.5 Å². The standard InChI is InChI=1S/C21H30ClN5O3S/c1-13(2)30-15-7-5-14(6-8-15)19-17(22)9-10-27(31(28,29)26(3)4)21-16-11-23-24-12-18(16)25-20(19)21/h9,12-15,25H,5-8,10-11H2,1-4H3/t14-,15-. The maximum absolute atomic E-state index is 13.2. The second-order valence-corrected chi connectivity index (χ2v) is 11.2. The lowest BCUT2D eigenvalue weighted by molar-refractivity contribution is -0.0159. The van der Waals surface area contributed by atoms with Crippen molar-refractivity contribution in [3.63, 3.8) is 0 Å². The van der Waals surface area contributed by atoms with Crippen LogP contribution in [-0.2, 0) is 21.5 Å². The number of fused-ring (bicyclic) bond motifs is 3. The molecule has 1 fully saturated rings. The van der Waals surface area contributed by atoms with Crippen molar-refractivity contribution in [3.8, 4) is 0 Å².